The molecule has 0 aliphatic carbocycles. The summed E-state index contributed by atoms with van der Waals surface area (Å²) in [6.07, 6.45) is 1.73. The molecule has 3 atom stereocenters. The lowest BCUT2D eigenvalue weighted by molar-refractivity contribution is -0.0553. The molecule has 2 aromatic rings. The maximum Gasteiger partial charge on any atom is 0.243 e. The zero-order valence-corrected chi connectivity index (χ0v) is 21.1. The molecular weight excluding hydrogens is 446 g/mol. The standard InChI is InChI=1S/C27H35N3O3S/c1-21-9-4-5-11-26(21)34(32,33)29-17-6-7-18-30-24(19-29)27(25(30)20-31)23-14-12-22(13-15-23)10-8-16-28(2)3/h4-5,9,11-15,24-25,27,31H,6-7,16-20H2,1-3H3/t24-,25-,27-/m1/s1. The van der Waals surface area contributed by atoms with E-state index in [1.54, 1.807) is 16.4 Å². The molecule has 0 bridgehead atoms. The summed E-state index contributed by atoms with van der Waals surface area (Å²) in [4.78, 5) is 4.72. The number of aliphatic hydroxyl groups excluding tert-OH is 1. The van der Waals surface area contributed by atoms with Crippen LogP contribution in [0.3, 0.4) is 0 Å². The molecule has 0 radical (unpaired) electrons. The molecule has 0 unspecified atom stereocenters. The van der Waals surface area contributed by atoms with Gasteiger partial charge in [-0.1, -0.05) is 42.2 Å². The minimum absolute atomic E-state index is 0.0109. The second-order valence-electron chi connectivity index (χ2n) is 9.58. The summed E-state index contributed by atoms with van der Waals surface area (Å²) >= 11 is 0. The Hall–Kier alpha value is -2.21. The third-order valence-corrected chi connectivity index (χ3v) is 8.99. The van der Waals surface area contributed by atoms with Crippen LogP contribution in [0.2, 0.25) is 0 Å². The van der Waals surface area contributed by atoms with Crippen molar-refractivity contribution in [3.63, 3.8) is 0 Å². The lowest BCUT2D eigenvalue weighted by Gasteiger charge is -2.57. The molecule has 182 valence electrons. The van der Waals surface area contributed by atoms with Gasteiger partial charge < -0.3 is 5.11 Å². The Balaban J connectivity index is 1.59. The Labute approximate surface area is 204 Å². The minimum Gasteiger partial charge on any atom is -0.395 e. The fourth-order valence-corrected chi connectivity index (χ4v) is 6.92. The van der Waals surface area contributed by atoms with Crippen LogP contribution in [0, 0.1) is 18.8 Å². The third-order valence-electron chi connectivity index (χ3n) is 6.97. The van der Waals surface area contributed by atoms with Crippen LogP contribution in [0.25, 0.3) is 0 Å². The van der Waals surface area contributed by atoms with Gasteiger partial charge in [-0.3, -0.25) is 9.80 Å². The highest BCUT2D eigenvalue weighted by Crippen LogP contribution is 2.42. The van der Waals surface area contributed by atoms with Crippen LogP contribution in [-0.2, 0) is 10.0 Å². The minimum atomic E-state index is -3.59. The summed E-state index contributed by atoms with van der Waals surface area (Å²) in [6, 6.07) is 15.5. The van der Waals surface area contributed by atoms with E-state index in [1.807, 2.05) is 50.2 Å². The smallest absolute Gasteiger partial charge is 0.243 e. The molecule has 2 aliphatic heterocycles. The Morgan fingerprint density at radius 3 is 2.44 bits per heavy atom. The average molecular weight is 482 g/mol. The fraction of sp³-hybridized carbons (Fsp3) is 0.481. The summed E-state index contributed by atoms with van der Waals surface area (Å²) in [6.45, 7) is 4.47. The SMILES string of the molecule is Cc1ccccc1S(=O)(=O)N1CCCCN2[C@H](CO)[C@H](c3ccc(C#CCN(C)C)cc3)[C@H]2C1. The molecule has 34 heavy (non-hydrogen) atoms. The van der Waals surface area contributed by atoms with E-state index in [9.17, 15) is 13.5 Å². The van der Waals surface area contributed by atoms with Gasteiger partial charge in [0.25, 0.3) is 0 Å². The van der Waals surface area contributed by atoms with E-state index in [2.05, 4.69) is 28.9 Å². The Morgan fingerprint density at radius 2 is 1.76 bits per heavy atom. The van der Waals surface area contributed by atoms with Gasteiger partial charge in [0.15, 0.2) is 0 Å². The van der Waals surface area contributed by atoms with Gasteiger partial charge in [-0.2, -0.15) is 4.31 Å². The fourth-order valence-electron chi connectivity index (χ4n) is 5.20. The molecule has 0 aromatic heterocycles. The number of aliphatic hydroxyl groups is 1. The molecule has 2 aliphatic rings. The zero-order chi connectivity index (χ0) is 24.3. The average Bonchev–Trinajstić information content (AvgIpc) is 2.78. The number of aryl methyl sites for hydroxylation is 1. The second kappa shape index (κ2) is 10.6. The first kappa shape index (κ1) is 24.9. The largest absolute Gasteiger partial charge is 0.395 e. The topological polar surface area (TPSA) is 64.1 Å². The Kier molecular flexibility index (Phi) is 7.76. The first-order chi connectivity index (χ1) is 16.3. The predicted molar refractivity (Wildman–Crippen MR) is 135 cm³/mol. The summed E-state index contributed by atoms with van der Waals surface area (Å²) in [5.41, 5.74) is 2.86. The van der Waals surface area contributed by atoms with Crippen molar-refractivity contribution in [1.82, 2.24) is 14.1 Å². The molecule has 1 N–H and O–H groups in total. The number of hydrogen-bond donors (Lipinski definition) is 1. The van der Waals surface area contributed by atoms with Crippen LogP contribution in [0.1, 0.15) is 35.4 Å². The Morgan fingerprint density at radius 1 is 1.06 bits per heavy atom. The van der Waals surface area contributed by atoms with Crippen LogP contribution in [0.5, 0.6) is 0 Å². The third kappa shape index (κ3) is 5.07. The Bertz CT molecular complexity index is 1150. The maximum atomic E-state index is 13.6. The van der Waals surface area contributed by atoms with Crippen LogP contribution in [-0.4, -0.2) is 86.6 Å². The normalized spacial score (nSPS) is 23.9. The summed E-state index contributed by atoms with van der Waals surface area (Å²) in [5.74, 6) is 6.43. The number of hydrogen-bond acceptors (Lipinski definition) is 5. The quantitative estimate of drug-likeness (QED) is 0.665. The van der Waals surface area contributed by atoms with Crippen molar-refractivity contribution in [1.29, 1.82) is 0 Å². The monoisotopic (exact) mass is 481 g/mol. The molecule has 2 heterocycles. The van der Waals surface area contributed by atoms with Crippen molar-refractivity contribution < 1.29 is 13.5 Å². The molecule has 0 spiro atoms. The van der Waals surface area contributed by atoms with Gasteiger partial charge in [-0.25, -0.2) is 8.42 Å². The van der Waals surface area contributed by atoms with Crippen molar-refractivity contribution in [3.05, 3.63) is 65.2 Å². The van der Waals surface area contributed by atoms with E-state index >= 15 is 0 Å². The van der Waals surface area contributed by atoms with Crippen molar-refractivity contribution in [2.24, 2.45) is 0 Å². The first-order valence-corrected chi connectivity index (χ1v) is 13.4. The number of nitrogens with zero attached hydrogens (tertiary/aromatic N) is 3. The molecule has 2 aromatic carbocycles. The van der Waals surface area contributed by atoms with Gasteiger partial charge in [0, 0.05) is 36.7 Å². The lowest BCUT2D eigenvalue weighted by atomic mass is 9.74. The van der Waals surface area contributed by atoms with E-state index in [4.69, 9.17) is 0 Å². The van der Waals surface area contributed by atoms with Crippen molar-refractivity contribution in [2.45, 2.75) is 42.7 Å². The van der Waals surface area contributed by atoms with Crippen LogP contribution >= 0.6 is 0 Å². The summed E-state index contributed by atoms with van der Waals surface area (Å²) in [7, 11) is 0.399. The molecule has 0 amide bonds. The van der Waals surface area contributed by atoms with Crippen molar-refractivity contribution in [3.8, 4) is 11.8 Å². The zero-order valence-electron chi connectivity index (χ0n) is 20.3. The van der Waals surface area contributed by atoms with Crippen LogP contribution in [0.4, 0.5) is 0 Å². The second-order valence-corrected chi connectivity index (χ2v) is 11.5. The van der Waals surface area contributed by atoms with Gasteiger partial charge in [0.05, 0.1) is 18.0 Å². The van der Waals surface area contributed by atoms with E-state index in [0.717, 1.165) is 36.1 Å². The summed E-state index contributed by atoms with van der Waals surface area (Å²) < 4.78 is 28.8. The van der Waals surface area contributed by atoms with Crippen LogP contribution < -0.4 is 0 Å². The number of rotatable bonds is 5. The van der Waals surface area contributed by atoms with Crippen LogP contribution in [0.15, 0.2) is 53.4 Å². The number of benzene rings is 2. The molecule has 4 rings (SSSR count). The molecule has 6 nitrogen and oxygen atoms in total. The van der Waals surface area contributed by atoms with Gasteiger partial charge in [-0.05, 0) is 69.7 Å². The highest BCUT2D eigenvalue weighted by Gasteiger charge is 2.50. The van der Waals surface area contributed by atoms with Crippen molar-refractivity contribution >= 4 is 10.0 Å². The van der Waals surface area contributed by atoms with Crippen molar-refractivity contribution in [2.75, 3.05) is 46.9 Å². The highest BCUT2D eigenvalue weighted by molar-refractivity contribution is 7.89. The maximum absolute atomic E-state index is 13.6. The molecule has 2 saturated heterocycles. The molecule has 0 saturated carbocycles. The van der Waals surface area contributed by atoms with E-state index in [-0.39, 0.29) is 24.6 Å². The van der Waals surface area contributed by atoms with E-state index in [0.29, 0.717) is 24.5 Å². The van der Waals surface area contributed by atoms with Gasteiger partial charge in [0.1, 0.15) is 0 Å². The molecule has 2 fully saturated rings. The number of fused-ring (bicyclic) bond motifs is 1. The molecule has 7 heteroatoms. The van der Waals surface area contributed by atoms with Gasteiger partial charge in [-0.15, -0.1) is 0 Å². The predicted octanol–water partition coefficient (Wildman–Crippen LogP) is 2.52. The first-order valence-electron chi connectivity index (χ1n) is 12.0. The summed E-state index contributed by atoms with van der Waals surface area (Å²) in [5, 5.41) is 10.2. The van der Waals surface area contributed by atoms with E-state index in [1.165, 1.54) is 0 Å². The van der Waals surface area contributed by atoms with E-state index < -0.39 is 10.0 Å². The highest BCUT2D eigenvalue weighted by atomic mass is 32.2. The number of sulfonamides is 1. The lowest BCUT2D eigenvalue weighted by Crippen LogP contribution is -2.67. The van der Waals surface area contributed by atoms with Gasteiger partial charge in [0.2, 0.25) is 10.0 Å². The van der Waals surface area contributed by atoms with Gasteiger partial charge >= 0.3 is 0 Å². The molecular formula is C27H35N3O3S.